The normalized spacial score (nSPS) is 15.9. The SMILES string of the molecule is Cc1cc(C)c(B2c3cccc4c3N(c3cccc5c3N4c3c(ccc4c3-c3ccc(C(C)(C)C)cc3C4(C)C)B5c3c(C)cc(C)cc3C)c3c2ccc2c3-c3ccc(C(C)(C)C)cc3C2(C)C)c(C)c1. The van der Waals surface area contributed by atoms with E-state index in [-0.39, 0.29) is 35.1 Å². The van der Waals surface area contributed by atoms with Gasteiger partial charge in [-0.3, -0.25) is 0 Å². The second-order valence-electron chi connectivity index (χ2n) is 25.7. The molecule has 72 heavy (non-hydrogen) atoms. The van der Waals surface area contributed by atoms with Gasteiger partial charge < -0.3 is 9.80 Å². The van der Waals surface area contributed by atoms with Gasteiger partial charge in [-0.15, -0.1) is 0 Å². The molecule has 356 valence electrons. The Morgan fingerprint density at radius 2 is 0.722 bits per heavy atom. The fourth-order valence-electron chi connectivity index (χ4n) is 14.9. The number of aryl methyl sites for hydroxylation is 6. The maximum atomic E-state index is 2.76. The minimum atomic E-state index is -0.192. The van der Waals surface area contributed by atoms with E-state index >= 15 is 0 Å². The molecular weight excluding hydrogens is 866 g/mol. The highest BCUT2D eigenvalue weighted by Gasteiger charge is 2.52. The van der Waals surface area contributed by atoms with E-state index in [9.17, 15) is 0 Å². The minimum Gasteiger partial charge on any atom is -0.307 e. The van der Waals surface area contributed by atoms with Gasteiger partial charge in [0, 0.05) is 33.3 Å². The van der Waals surface area contributed by atoms with Gasteiger partial charge in [-0.05, 0) is 131 Å². The van der Waals surface area contributed by atoms with Crippen molar-refractivity contribution in [2.75, 3.05) is 9.80 Å². The molecule has 0 amide bonds. The summed E-state index contributed by atoms with van der Waals surface area (Å²) in [5, 5.41) is 0. The van der Waals surface area contributed by atoms with Crippen molar-refractivity contribution in [2.24, 2.45) is 0 Å². The zero-order valence-corrected chi connectivity index (χ0v) is 45.6. The molecule has 0 aromatic heterocycles. The number of nitrogens with zero attached hydrogens (tertiary/aromatic N) is 2. The summed E-state index contributed by atoms with van der Waals surface area (Å²) in [4.78, 5) is 5.53. The Morgan fingerprint density at radius 1 is 0.375 bits per heavy atom. The van der Waals surface area contributed by atoms with Crippen molar-refractivity contribution in [2.45, 2.75) is 132 Å². The molecule has 2 aliphatic carbocycles. The van der Waals surface area contributed by atoms with Crippen molar-refractivity contribution in [3.8, 4) is 22.3 Å². The van der Waals surface area contributed by atoms with Gasteiger partial charge in [-0.1, -0.05) is 223 Å². The molecule has 0 spiro atoms. The largest absolute Gasteiger partial charge is 0.307 e. The lowest BCUT2D eigenvalue weighted by molar-refractivity contribution is 0.584. The highest BCUT2D eigenvalue weighted by molar-refractivity contribution is 7.00. The maximum Gasteiger partial charge on any atom is 0.247 e. The van der Waals surface area contributed by atoms with Crippen molar-refractivity contribution in [3.63, 3.8) is 0 Å². The maximum absolute atomic E-state index is 2.76. The third kappa shape index (κ3) is 5.87. The molecule has 0 atom stereocenters. The molecule has 3 aliphatic heterocycles. The number of benzene rings is 8. The fraction of sp³-hybridized carbons (Fsp3) is 0.294. The van der Waals surface area contributed by atoms with Crippen LogP contribution in [0.15, 0.2) is 121 Å². The molecule has 0 unspecified atom stereocenters. The van der Waals surface area contributed by atoms with Gasteiger partial charge in [0.25, 0.3) is 0 Å². The van der Waals surface area contributed by atoms with Gasteiger partial charge >= 0.3 is 0 Å². The lowest BCUT2D eigenvalue weighted by Crippen LogP contribution is -2.62. The smallest absolute Gasteiger partial charge is 0.247 e. The summed E-state index contributed by atoms with van der Waals surface area (Å²) in [6, 6.07) is 49.1. The van der Waals surface area contributed by atoms with E-state index in [1.807, 2.05) is 0 Å². The van der Waals surface area contributed by atoms with E-state index in [0.717, 1.165) is 0 Å². The highest BCUT2D eigenvalue weighted by atomic mass is 15.3. The van der Waals surface area contributed by atoms with Crippen LogP contribution in [-0.2, 0) is 21.7 Å². The summed E-state index contributed by atoms with van der Waals surface area (Å²) < 4.78 is 0. The number of hydrogen-bond acceptors (Lipinski definition) is 2. The molecule has 0 fully saturated rings. The Hall–Kier alpha value is -6.51. The van der Waals surface area contributed by atoms with E-state index < -0.39 is 0 Å². The van der Waals surface area contributed by atoms with Crippen molar-refractivity contribution in [1.82, 2.24) is 0 Å². The Balaban J connectivity index is 1.19. The monoisotopic (exact) mass is 935 g/mol. The molecular formula is C68H68B2N2. The average molecular weight is 935 g/mol. The molecule has 4 heteroatoms. The molecule has 8 aromatic carbocycles. The number of hydrogen-bond donors (Lipinski definition) is 0. The van der Waals surface area contributed by atoms with Gasteiger partial charge in [0.2, 0.25) is 13.4 Å². The van der Waals surface area contributed by atoms with E-state index in [1.165, 1.54) is 156 Å². The molecule has 8 aromatic rings. The van der Waals surface area contributed by atoms with Gasteiger partial charge in [-0.25, -0.2) is 0 Å². The van der Waals surface area contributed by atoms with Crippen LogP contribution in [0.2, 0.25) is 0 Å². The number of anilines is 6. The van der Waals surface area contributed by atoms with Crippen LogP contribution >= 0.6 is 0 Å². The first-order valence-corrected chi connectivity index (χ1v) is 26.7. The standard InChI is InChI=1S/C68H68B2N2/c1-37-31-39(3)59(40(4)32-37)69-51-19-17-21-55-61(51)71(63-53(69)29-27-47-57(63)45-25-23-43(65(7,8)9)35-49(45)67(47,13)14)56-22-18-20-52-62(56)72(55)64-54(70(52)60-41(5)33-38(2)34-42(60)6)30-28-48-58(64)46-26-24-44(66(10,11)12)36-50(46)68(48,15)16/h17-36H,1-16H3. The second kappa shape index (κ2) is 14.6. The van der Waals surface area contributed by atoms with Crippen molar-refractivity contribution >= 4 is 80.3 Å². The van der Waals surface area contributed by atoms with Gasteiger partial charge in [0.1, 0.15) is 0 Å². The minimum absolute atomic E-state index is 0.0228. The van der Waals surface area contributed by atoms with Crippen molar-refractivity contribution < 1.29 is 0 Å². The first kappa shape index (κ1) is 45.4. The van der Waals surface area contributed by atoms with Gasteiger partial charge in [-0.2, -0.15) is 0 Å². The predicted molar refractivity (Wildman–Crippen MR) is 313 cm³/mol. The van der Waals surface area contributed by atoms with Crippen LogP contribution in [0, 0.1) is 41.5 Å². The Morgan fingerprint density at radius 3 is 1.07 bits per heavy atom. The number of rotatable bonds is 2. The number of para-hydroxylation sites is 2. The molecule has 3 heterocycles. The van der Waals surface area contributed by atoms with E-state index in [2.05, 4.69) is 242 Å². The van der Waals surface area contributed by atoms with Gasteiger partial charge in [0.05, 0.1) is 22.7 Å². The Kier molecular flexibility index (Phi) is 9.19. The van der Waals surface area contributed by atoms with Crippen LogP contribution in [0.5, 0.6) is 0 Å². The summed E-state index contributed by atoms with van der Waals surface area (Å²) >= 11 is 0. The first-order valence-electron chi connectivity index (χ1n) is 26.7. The molecule has 13 rings (SSSR count). The highest BCUT2D eigenvalue weighted by Crippen LogP contribution is 2.62. The summed E-state index contributed by atoms with van der Waals surface area (Å²) in [7, 11) is 0. The van der Waals surface area contributed by atoms with Crippen molar-refractivity contribution in [3.05, 3.63) is 188 Å². The van der Waals surface area contributed by atoms with Crippen LogP contribution in [-0.4, -0.2) is 13.4 Å². The molecule has 0 saturated carbocycles. The quantitative estimate of drug-likeness (QED) is 0.159. The van der Waals surface area contributed by atoms with E-state index in [4.69, 9.17) is 0 Å². The van der Waals surface area contributed by atoms with Crippen LogP contribution in [0.3, 0.4) is 0 Å². The van der Waals surface area contributed by atoms with Crippen LogP contribution in [0.4, 0.5) is 34.1 Å². The lowest BCUT2D eigenvalue weighted by Gasteiger charge is -2.50. The third-order valence-corrected chi connectivity index (χ3v) is 18.2. The topological polar surface area (TPSA) is 6.48 Å². The third-order valence-electron chi connectivity index (χ3n) is 18.2. The van der Waals surface area contributed by atoms with E-state index in [1.54, 1.807) is 0 Å². The molecule has 0 N–H and O–H groups in total. The summed E-state index contributed by atoms with van der Waals surface area (Å²) in [5.41, 5.74) is 37.8. The van der Waals surface area contributed by atoms with Crippen molar-refractivity contribution in [1.29, 1.82) is 0 Å². The van der Waals surface area contributed by atoms with Gasteiger partial charge in [0.15, 0.2) is 0 Å². The Labute approximate surface area is 430 Å². The zero-order chi connectivity index (χ0) is 50.6. The van der Waals surface area contributed by atoms with Crippen LogP contribution in [0.25, 0.3) is 22.3 Å². The predicted octanol–water partition coefficient (Wildman–Crippen LogP) is 13.7. The number of fused-ring (bicyclic) bond motifs is 14. The lowest BCUT2D eigenvalue weighted by atomic mass is 9.32. The summed E-state index contributed by atoms with van der Waals surface area (Å²) in [5.74, 6) is 0. The Bertz CT molecular complexity index is 3460. The molecule has 2 nitrogen and oxygen atoms in total. The summed E-state index contributed by atoms with van der Waals surface area (Å²) in [6.45, 7) is 37.9. The molecule has 0 bridgehead atoms. The fourth-order valence-corrected chi connectivity index (χ4v) is 14.9. The second-order valence-corrected chi connectivity index (χ2v) is 25.7. The molecule has 0 saturated heterocycles. The zero-order valence-electron chi connectivity index (χ0n) is 45.6. The molecule has 0 radical (unpaired) electrons. The molecule has 5 aliphatic rings. The first-order chi connectivity index (χ1) is 34.0. The van der Waals surface area contributed by atoms with Crippen LogP contribution < -0.4 is 42.6 Å². The average Bonchev–Trinajstić information content (AvgIpc) is 3.68. The van der Waals surface area contributed by atoms with Crippen LogP contribution in [0.1, 0.15) is 136 Å². The summed E-state index contributed by atoms with van der Waals surface area (Å²) in [6.07, 6.45) is 0. The van der Waals surface area contributed by atoms with E-state index in [0.29, 0.717) is 0 Å².